The number of amides is 3. The molecule has 0 unspecified atom stereocenters. The third-order valence-corrected chi connectivity index (χ3v) is 4.21. The number of piperidine rings is 1. The lowest BCUT2D eigenvalue weighted by molar-refractivity contribution is -0.121. The standard InChI is InChI=1S/C16H22BrN3O2/c1-11(2)18-16(22)20-9-7-12(8-10-20)15(21)19-14-5-3-13(17)4-6-14/h3-6,11-12H,7-10H2,1-2H3,(H,18,22)(H,19,21). The Morgan fingerprint density at radius 2 is 1.77 bits per heavy atom. The average molecular weight is 368 g/mol. The molecule has 2 N–H and O–H groups in total. The average Bonchev–Trinajstić information content (AvgIpc) is 2.49. The second-order valence-electron chi connectivity index (χ2n) is 5.86. The lowest BCUT2D eigenvalue weighted by Gasteiger charge is -2.31. The summed E-state index contributed by atoms with van der Waals surface area (Å²) in [5.74, 6) is -0.00186. The van der Waals surface area contributed by atoms with Gasteiger partial charge in [0.15, 0.2) is 0 Å². The second kappa shape index (κ2) is 7.63. The highest BCUT2D eigenvalue weighted by atomic mass is 79.9. The number of rotatable bonds is 3. The van der Waals surface area contributed by atoms with Gasteiger partial charge in [0.05, 0.1) is 0 Å². The van der Waals surface area contributed by atoms with Gasteiger partial charge < -0.3 is 15.5 Å². The van der Waals surface area contributed by atoms with Gasteiger partial charge in [-0.1, -0.05) is 15.9 Å². The molecule has 120 valence electrons. The molecule has 0 aliphatic carbocycles. The summed E-state index contributed by atoms with van der Waals surface area (Å²) < 4.78 is 0.981. The number of benzene rings is 1. The summed E-state index contributed by atoms with van der Waals surface area (Å²) in [6, 6.07) is 7.62. The van der Waals surface area contributed by atoms with Crippen molar-refractivity contribution in [3.05, 3.63) is 28.7 Å². The number of halogens is 1. The Labute approximate surface area is 139 Å². The predicted octanol–water partition coefficient (Wildman–Crippen LogP) is 3.22. The van der Waals surface area contributed by atoms with Crippen LogP contribution in [-0.4, -0.2) is 36.0 Å². The van der Waals surface area contributed by atoms with Crippen molar-refractivity contribution in [3.8, 4) is 0 Å². The Bertz CT molecular complexity index is 523. The fourth-order valence-corrected chi connectivity index (χ4v) is 2.72. The highest BCUT2D eigenvalue weighted by molar-refractivity contribution is 9.10. The first-order valence-electron chi connectivity index (χ1n) is 7.57. The summed E-state index contributed by atoms with van der Waals surface area (Å²) in [5, 5.41) is 5.82. The van der Waals surface area contributed by atoms with Crippen molar-refractivity contribution in [1.82, 2.24) is 10.2 Å². The van der Waals surface area contributed by atoms with Crippen LogP contribution < -0.4 is 10.6 Å². The Balaban J connectivity index is 1.82. The van der Waals surface area contributed by atoms with Crippen LogP contribution in [0.4, 0.5) is 10.5 Å². The summed E-state index contributed by atoms with van der Waals surface area (Å²) in [6.07, 6.45) is 1.40. The maximum atomic E-state index is 12.3. The monoisotopic (exact) mass is 367 g/mol. The van der Waals surface area contributed by atoms with Crippen LogP contribution in [0.25, 0.3) is 0 Å². The van der Waals surface area contributed by atoms with Crippen LogP contribution in [0.1, 0.15) is 26.7 Å². The van der Waals surface area contributed by atoms with Crippen molar-refractivity contribution in [2.24, 2.45) is 5.92 Å². The van der Waals surface area contributed by atoms with Crippen LogP contribution >= 0.6 is 15.9 Å². The SMILES string of the molecule is CC(C)NC(=O)N1CCC(C(=O)Nc2ccc(Br)cc2)CC1. The van der Waals surface area contributed by atoms with E-state index in [0.717, 1.165) is 10.2 Å². The van der Waals surface area contributed by atoms with Crippen LogP contribution in [-0.2, 0) is 4.79 Å². The van der Waals surface area contributed by atoms with Gasteiger partial charge in [-0.25, -0.2) is 4.79 Å². The molecule has 5 nitrogen and oxygen atoms in total. The Kier molecular flexibility index (Phi) is 5.83. The lowest BCUT2D eigenvalue weighted by atomic mass is 9.96. The van der Waals surface area contributed by atoms with Crippen molar-refractivity contribution < 1.29 is 9.59 Å². The number of carbonyl (C=O) groups excluding carboxylic acids is 2. The number of anilines is 1. The minimum absolute atomic E-state index is 0.0336. The lowest BCUT2D eigenvalue weighted by Crippen LogP contribution is -2.47. The van der Waals surface area contributed by atoms with Gasteiger partial charge in [-0.15, -0.1) is 0 Å². The summed E-state index contributed by atoms with van der Waals surface area (Å²) in [5.41, 5.74) is 0.799. The molecule has 1 fully saturated rings. The van der Waals surface area contributed by atoms with Crippen molar-refractivity contribution in [2.75, 3.05) is 18.4 Å². The van der Waals surface area contributed by atoms with Gasteiger partial charge in [0.1, 0.15) is 0 Å². The molecule has 22 heavy (non-hydrogen) atoms. The molecule has 3 amide bonds. The van der Waals surface area contributed by atoms with Crippen molar-refractivity contribution >= 4 is 33.6 Å². The smallest absolute Gasteiger partial charge is 0.317 e. The normalized spacial score (nSPS) is 15.7. The molecule has 0 saturated carbocycles. The predicted molar refractivity (Wildman–Crippen MR) is 90.7 cm³/mol. The van der Waals surface area contributed by atoms with E-state index in [9.17, 15) is 9.59 Å². The number of carbonyl (C=O) groups is 2. The largest absolute Gasteiger partial charge is 0.336 e. The van der Waals surface area contributed by atoms with Gasteiger partial charge in [-0.05, 0) is 51.0 Å². The maximum Gasteiger partial charge on any atom is 0.317 e. The summed E-state index contributed by atoms with van der Waals surface area (Å²) in [7, 11) is 0. The molecule has 0 bridgehead atoms. The molecule has 1 aromatic carbocycles. The number of nitrogens with one attached hydrogen (secondary N) is 2. The first-order chi connectivity index (χ1) is 10.5. The van der Waals surface area contributed by atoms with Crippen molar-refractivity contribution in [2.45, 2.75) is 32.7 Å². The first-order valence-corrected chi connectivity index (χ1v) is 8.37. The van der Waals surface area contributed by atoms with Gasteiger partial charge in [0, 0.05) is 35.2 Å². The fourth-order valence-electron chi connectivity index (χ4n) is 2.46. The van der Waals surface area contributed by atoms with Gasteiger partial charge in [-0.3, -0.25) is 4.79 Å². The quantitative estimate of drug-likeness (QED) is 0.861. The minimum atomic E-state index is -0.0400. The molecular formula is C16H22BrN3O2. The van der Waals surface area contributed by atoms with Crippen LogP contribution in [0.2, 0.25) is 0 Å². The summed E-state index contributed by atoms with van der Waals surface area (Å²) in [4.78, 5) is 26.0. The van der Waals surface area contributed by atoms with Crippen molar-refractivity contribution in [1.29, 1.82) is 0 Å². The van der Waals surface area contributed by atoms with E-state index >= 15 is 0 Å². The molecule has 2 rings (SSSR count). The van der Waals surface area contributed by atoms with E-state index in [1.807, 2.05) is 38.1 Å². The summed E-state index contributed by atoms with van der Waals surface area (Å²) >= 11 is 3.37. The molecule has 0 aromatic heterocycles. The molecule has 6 heteroatoms. The summed E-state index contributed by atoms with van der Waals surface area (Å²) in [6.45, 7) is 5.13. The van der Waals surface area contributed by atoms with E-state index in [1.54, 1.807) is 4.90 Å². The van der Waals surface area contributed by atoms with Gasteiger partial charge in [0.25, 0.3) is 0 Å². The number of hydrogen-bond donors (Lipinski definition) is 2. The molecular weight excluding hydrogens is 346 g/mol. The molecule has 1 aliphatic heterocycles. The number of likely N-dealkylation sites (tertiary alicyclic amines) is 1. The highest BCUT2D eigenvalue weighted by Crippen LogP contribution is 2.20. The molecule has 0 radical (unpaired) electrons. The Hall–Kier alpha value is -1.56. The van der Waals surface area contributed by atoms with E-state index in [4.69, 9.17) is 0 Å². The molecule has 1 heterocycles. The van der Waals surface area contributed by atoms with E-state index in [-0.39, 0.29) is 23.9 Å². The highest BCUT2D eigenvalue weighted by Gasteiger charge is 2.27. The molecule has 0 spiro atoms. The van der Waals surface area contributed by atoms with E-state index < -0.39 is 0 Å². The number of nitrogens with zero attached hydrogens (tertiary/aromatic N) is 1. The van der Waals surface area contributed by atoms with Crippen molar-refractivity contribution in [3.63, 3.8) is 0 Å². The van der Waals surface area contributed by atoms with E-state index in [1.165, 1.54) is 0 Å². The Morgan fingerprint density at radius 1 is 1.18 bits per heavy atom. The second-order valence-corrected chi connectivity index (χ2v) is 6.78. The number of hydrogen-bond acceptors (Lipinski definition) is 2. The third-order valence-electron chi connectivity index (χ3n) is 3.68. The fraction of sp³-hybridized carbons (Fsp3) is 0.500. The molecule has 1 aromatic rings. The van der Waals surface area contributed by atoms with Gasteiger partial charge in [-0.2, -0.15) is 0 Å². The van der Waals surface area contributed by atoms with Crippen LogP contribution in [0, 0.1) is 5.92 Å². The topological polar surface area (TPSA) is 61.4 Å². The zero-order valence-corrected chi connectivity index (χ0v) is 14.5. The van der Waals surface area contributed by atoms with Crippen LogP contribution in [0.3, 0.4) is 0 Å². The van der Waals surface area contributed by atoms with E-state index in [0.29, 0.717) is 25.9 Å². The van der Waals surface area contributed by atoms with E-state index in [2.05, 4.69) is 26.6 Å². The van der Waals surface area contributed by atoms with Crippen LogP contribution in [0.15, 0.2) is 28.7 Å². The minimum Gasteiger partial charge on any atom is -0.336 e. The Morgan fingerprint density at radius 3 is 2.32 bits per heavy atom. The molecule has 1 aliphatic rings. The molecule has 1 saturated heterocycles. The molecule has 0 atom stereocenters. The maximum absolute atomic E-state index is 12.3. The first kappa shape index (κ1) is 16.8. The number of urea groups is 1. The van der Waals surface area contributed by atoms with Crippen LogP contribution in [0.5, 0.6) is 0 Å². The van der Waals surface area contributed by atoms with Gasteiger partial charge >= 0.3 is 6.03 Å². The zero-order chi connectivity index (χ0) is 16.1. The third kappa shape index (κ3) is 4.73. The zero-order valence-electron chi connectivity index (χ0n) is 12.9. The van der Waals surface area contributed by atoms with Gasteiger partial charge in [0.2, 0.25) is 5.91 Å².